The van der Waals surface area contributed by atoms with Gasteiger partial charge in [-0.3, -0.25) is 4.79 Å². The topological polar surface area (TPSA) is 94.3 Å². The first-order valence-corrected chi connectivity index (χ1v) is 18.1. The van der Waals surface area contributed by atoms with Crippen molar-refractivity contribution in [3.05, 3.63) is 94.9 Å². The first-order valence-electron chi connectivity index (χ1n) is 18.1. The third kappa shape index (κ3) is 8.77. The van der Waals surface area contributed by atoms with Gasteiger partial charge in [-0.15, -0.1) is 0 Å². The largest absolute Gasteiger partial charge is 0.494 e. The van der Waals surface area contributed by atoms with Gasteiger partial charge in [0.05, 0.1) is 24.8 Å². The van der Waals surface area contributed by atoms with Gasteiger partial charge in [-0.2, -0.15) is 0 Å². The second-order valence-corrected chi connectivity index (χ2v) is 12.6. The Balaban J connectivity index is 2.39. The predicted octanol–water partition coefficient (Wildman–Crippen LogP) is 8.30. The Morgan fingerprint density at radius 1 is 0.980 bits per heavy atom. The Morgan fingerprint density at radius 2 is 1.67 bits per heavy atom. The molecule has 0 fully saturated rings. The van der Waals surface area contributed by atoms with Gasteiger partial charge in [-0.05, 0) is 77.8 Å². The van der Waals surface area contributed by atoms with Gasteiger partial charge in [-0.1, -0.05) is 58.4 Å². The number of nitrogens with zero attached hydrogens (tertiary/aromatic N) is 2. The van der Waals surface area contributed by atoms with E-state index >= 15 is 0 Å². The molecular weight excluding hydrogens is 614 g/mol. The van der Waals surface area contributed by atoms with Crippen LogP contribution < -0.4 is 15.4 Å². The minimum absolute atomic E-state index is 0.142. The molecule has 2 aromatic carbocycles. The molecule has 8 heteroatoms. The Bertz CT molecular complexity index is 1500. The molecule has 2 N–H and O–H groups in total. The summed E-state index contributed by atoms with van der Waals surface area (Å²) in [6, 6.07) is 13.2. The highest BCUT2D eigenvalue weighted by Crippen LogP contribution is 2.52. The smallest absolute Gasteiger partial charge is 0.340 e. The number of anilines is 1. The molecule has 0 spiro atoms. The number of esters is 1. The van der Waals surface area contributed by atoms with Gasteiger partial charge in [0.25, 0.3) is 0 Å². The number of hydrogen-bond donors (Lipinski definition) is 1. The zero-order valence-electron chi connectivity index (χ0n) is 31.1. The SMILES string of the molecule is C=C(OCC)/C(=C\C=C(/C)N(CCCC)C(C)CN)C1(c2ccc(N(CCCC)C(C)C(=O)CC)cc2OCC)OC(=O)c2ccccc21. The molecule has 3 unspecified atom stereocenters. The fraction of sp³-hybridized carbons (Fsp3) is 0.512. The molecule has 8 nitrogen and oxygen atoms in total. The Morgan fingerprint density at radius 3 is 2.31 bits per heavy atom. The van der Waals surface area contributed by atoms with E-state index in [9.17, 15) is 9.59 Å². The lowest BCUT2D eigenvalue weighted by atomic mass is 9.78. The number of cyclic esters (lactones) is 1. The molecule has 3 rings (SSSR count). The number of carbonyl (C=O) groups is 2. The number of ketones is 1. The number of unbranched alkanes of at least 4 members (excludes halogenated alkanes) is 2. The van der Waals surface area contributed by atoms with Gasteiger partial charge >= 0.3 is 5.97 Å². The van der Waals surface area contributed by atoms with Crippen molar-refractivity contribution >= 4 is 17.4 Å². The second kappa shape index (κ2) is 18.6. The number of fused-ring (bicyclic) bond motifs is 1. The maximum absolute atomic E-state index is 13.7. The van der Waals surface area contributed by atoms with Crippen LogP contribution in [0.15, 0.2) is 78.2 Å². The second-order valence-electron chi connectivity index (χ2n) is 12.6. The minimum Gasteiger partial charge on any atom is -0.494 e. The van der Waals surface area contributed by atoms with E-state index < -0.39 is 11.6 Å². The summed E-state index contributed by atoms with van der Waals surface area (Å²) in [4.78, 5) is 31.2. The normalized spacial score (nSPS) is 17.2. The third-order valence-electron chi connectivity index (χ3n) is 9.35. The van der Waals surface area contributed by atoms with E-state index in [1.807, 2.05) is 76.2 Å². The summed E-state index contributed by atoms with van der Waals surface area (Å²) in [6.45, 7) is 23.5. The van der Waals surface area contributed by atoms with Gasteiger partial charge in [0, 0.05) is 66.2 Å². The van der Waals surface area contributed by atoms with Crippen LogP contribution >= 0.6 is 0 Å². The van der Waals surface area contributed by atoms with E-state index in [0.29, 0.717) is 60.0 Å². The summed E-state index contributed by atoms with van der Waals surface area (Å²) >= 11 is 0. The van der Waals surface area contributed by atoms with E-state index in [0.717, 1.165) is 50.2 Å². The predicted molar refractivity (Wildman–Crippen MR) is 200 cm³/mol. The minimum atomic E-state index is -1.42. The summed E-state index contributed by atoms with van der Waals surface area (Å²) < 4.78 is 19.1. The van der Waals surface area contributed by atoms with Crippen molar-refractivity contribution < 1.29 is 23.8 Å². The van der Waals surface area contributed by atoms with Crippen LogP contribution in [0.5, 0.6) is 5.75 Å². The molecule has 0 saturated heterocycles. The van der Waals surface area contributed by atoms with Gasteiger partial charge in [0.15, 0.2) is 11.4 Å². The van der Waals surface area contributed by atoms with E-state index in [1.54, 1.807) is 6.07 Å². The van der Waals surface area contributed by atoms with Crippen LogP contribution in [0.3, 0.4) is 0 Å². The molecule has 0 saturated carbocycles. The van der Waals surface area contributed by atoms with Crippen LogP contribution in [0.2, 0.25) is 0 Å². The number of Topliss-reactive ketones (excluding diaryl/α,β-unsaturated/α-hetero) is 1. The Hall–Kier alpha value is -4.04. The molecule has 49 heavy (non-hydrogen) atoms. The van der Waals surface area contributed by atoms with E-state index in [2.05, 4.69) is 44.1 Å². The third-order valence-corrected chi connectivity index (χ3v) is 9.35. The van der Waals surface area contributed by atoms with Crippen molar-refractivity contribution in [3.63, 3.8) is 0 Å². The lowest BCUT2D eigenvalue weighted by molar-refractivity contribution is -0.119. The highest BCUT2D eigenvalue weighted by Gasteiger charge is 2.52. The molecule has 0 aromatic heterocycles. The van der Waals surface area contributed by atoms with Crippen molar-refractivity contribution in [1.82, 2.24) is 4.90 Å². The van der Waals surface area contributed by atoms with Crippen LogP contribution in [-0.4, -0.2) is 61.6 Å². The molecule has 0 amide bonds. The van der Waals surface area contributed by atoms with Crippen molar-refractivity contribution in [1.29, 1.82) is 0 Å². The number of ether oxygens (including phenoxy) is 3. The fourth-order valence-electron chi connectivity index (χ4n) is 6.52. The Kier molecular flexibility index (Phi) is 15.0. The monoisotopic (exact) mass is 673 g/mol. The molecule has 1 heterocycles. The quantitative estimate of drug-likeness (QED) is 0.0804. The molecule has 268 valence electrons. The molecule has 0 aliphatic carbocycles. The summed E-state index contributed by atoms with van der Waals surface area (Å²) in [6.07, 6.45) is 8.49. The van der Waals surface area contributed by atoms with Crippen molar-refractivity contribution in [2.45, 2.75) is 105 Å². The Labute approximate surface area is 295 Å². The van der Waals surface area contributed by atoms with Crippen LogP contribution in [-0.2, 0) is 19.9 Å². The maximum Gasteiger partial charge on any atom is 0.340 e. The summed E-state index contributed by atoms with van der Waals surface area (Å²) in [5.74, 6) is 0.678. The summed E-state index contributed by atoms with van der Waals surface area (Å²) in [5, 5.41) is 0. The fourth-order valence-corrected chi connectivity index (χ4v) is 6.52. The number of allylic oxidation sites excluding steroid dienone is 3. The molecule has 3 atom stereocenters. The van der Waals surface area contributed by atoms with Gasteiger partial charge in [0.1, 0.15) is 11.5 Å². The molecule has 2 aromatic rings. The standard InChI is InChI=1S/C41H59N3O5/c1-10-15-25-43(30(7)28-42)29(6)21-23-35(32(9)47-13-4)41(36-20-18-17-19-34(36)40(46)49-41)37-24-22-33(27-39(37)48-14-5)44(26-16-11-2)31(8)38(45)12-3/h17-24,27,30-31H,9-16,25-26,28,42H2,1-8H3/b29-21+,35-23+. The number of hydrogen-bond acceptors (Lipinski definition) is 8. The molecular formula is C41H59N3O5. The van der Waals surface area contributed by atoms with Crippen LogP contribution in [0, 0.1) is 0 Å². The highest BCUT2D eigenvalue weighted by atomic mass is 16.6. The number of nitrogens with two attached hydrogens (primary N) is 1. The van der Waals surface area contributed by atoms with E-state index in [-0.39, 0.29) is 17.9 Å². The first kappa shape index (κ1) is 39.4. The number of carbonyl (C=O) groups excluding carboxylic acids is 2. The zero-order chi connectivity index (χ0) is 36.1. The van der Waals surface area contributed by atoms with E-state index in [4.69, 9.17) is 19.9 Å². The van der Waals surface area contributed by atoms with Crippen molar-refractivity contribution in [2.75, 3.05) is 37.7 Å². The number of benzene rings is 2. The maximum atomic E-state index is 13.7. The molecule has 1 aliphatic rings. The molecule has 0 bridgehead atoms. The van der Waals surface area contributed by atoms with Crippen molar-refractivity contribution in [2.24, 2.45) is 5.73 Å². The summed E-state index contributed by atoms with van der Waals surface area (Å²) in [5.41, 5.74) is 9.00. The van der Waals surface area contributed by atoms with Crippen molar-refractivity contribution in [3.8, 4) is 5.75 Å². The van der Waals surface area contributed by atoms with Gasteiger partial charge in [-0.25, -0.2) is 4.79 Å². The first-order chi connectivity index (χ1) is 23.6. The molecule has 1 aliphatic heterocycles. The summed E-state index contributed by atoms with van der Waals surface area (Å²) in [7, 11) is 0. The van der Waals surface area contributed by atoms with Crippen LogP contribution in [0.25, 0.3) is 0 Å². The van der Waals surface area contributed by atoms with E-state index in [1.165, 1.54) is 0 Å². The molecule has 0 radical (unpaired) electrons. The average Bonchev–Trinajstić information content (AvgIpc) is 3.40. The van der Waals surface area contributed by atoms with Crippen LogP contribution in [0.4, 0.5) is 5.69 Å². The number of rotatable bonds is 21. The van der Waals surface area contributed by atoms with Crippen LogP contribution in [0.1, 0.15) is 109 Å². The van der Waals surface area contributed by atoms with Gasteiger partial charge < -0.3 is 29.7 Å². The lowest BCUT2D eigenvalue weighted by Gasteiger charge is -2.36. The zero-order valence-corrected chi connectivity index (χ0v) is 31.1. The average molecular weight is 674 g/mol. The highest BCUT2D eigenvalue weighted by molar-refractivity contribution is 5.97. The lowest BCUT2D eigenvalue weighted by Crippen LogP contribution is -2.40. The van der Waals surface area contributed by atoms with Gasteiger partial charge in [0.2, 0.25) is 0 Å².